The molecule has 7 nitrogen and oxygen atoms in total. The van der Waals surface area contributed by atoms with Crippen molar-refractivity contribution in [2.75, 3.05) is 0 Å². The molecule has 1 amide bonds. The largest absolute Gasteiger partial charge is 0.480 e. The van der Waals surface area contributed by atoms with Gasteiger partial charge in [0.2, 0.25) is 0 Å². The highest BCUT2D eigenvalue weighted by atomic mass is 16.4. The average Bonchev–Trinajstić information content (AvgIpc) is 3.38. The molecule has 3 N–H and O–H groups in total. The van der Waals surface area contributed by atoms with Crippen LogP contribution in [0.4, 0.5) is 0 Å². The van der Waals surface area contributed by atoms with E-state index in [1.165, 1.54) is 0 Å². The van der Waals surface area contributed by atoms with Crippen LogP contribution in [0.5, 0.6) is 0 Å². The van der Waals surface area contributed by atoms with Gasteiger partial charge >= 0.3 is 5.97 Å². The van der Waals surface area contributed by atoms with Crippen LogP contribution < -0.4 is 5.32 Å². The van der Waals surface area contributed by atoms with Crippen LogP contribution in [0, 0.1) is 0 Å². The second-order valence-electron chi connectivity index (χ2n) is 6.43. The molecule has 28 heavy (non-hydrogen) atoms. The van der Waals surface area contributed by atoms with Crippen LogP contribution in [0.15, 0.2) is 73.2 Å². The Morgan fingerprint density at radius 1 is 1.11 bits per heavy atom. The summed E-state index contributed by atoms with van der Waals surface area (Å²) in [7, 11) is 0. The number of carboxylic acids is 1. The molecule has 7 heteroatoms. The molecule has 0 aliphatic rings. The normalized spacial score (nSPS) is 12.0. The van der Waals surface area contributed by atoms with E-state index in [-0.39, 0.29) is 6.42 Å². The highest BCUT2D eigenvalue weighted by Crippen LogP contribution is 2.19. The summed E-state index contributed by atoms with van der Waals surface area (Å²) >= 11 is 0. The van der Waals surface area contributed by atoms with Gasteiger partial charge in [0, 0.05) is 41.5 Å². The van der Waals surface area contributed by atoms with Crippen molar-refractivity contribution in [2.45, 2.75) is 12.5 Å². The van der Waals surface area contributed by atoms with Crippen molar-refractivity contribution < 1.29 is 14.7 Å². The number of hydrogen-bond acceptors (Lipinski definition) is 3. The third-order valence-corrected chi connectivity index (χ3v) is 4.60. The maximum absolute atomic E-state index is 12.5. The SMILES string of the molecule is O=C(N[C@@H](Cc1c[nH]c2ccccc12)C(=O)O)c1ccc(-n2cccn2)cc1. The lowest BCUT2D eigenvalue weighted by Gasteiger charge is -2.14. The number of carbonyl (C=O) groups excluding carboxylic acids is 1. The van der Waals surface area contributed by atoms with Crippen LogP contribution in [0.2, 0.25) is 0 Å². The summed E-state index contributed by atoms with van der Waals surface area (Å²) < 4.78 is 1.68. The molecule has 2 heterocycles. The molecule has 0 aliphatic heterocycles. The van der Waals surface area contributed by atoms with Gasteiger partial charge in [0.25, 0.3) is 5.91 Å². The molecule has 0 spiro atoms. The first-order valence-electron chi connectivity index (χ1n) is 8.80. The number of amides is 1. The maximum Gasteiger partial charge on any atom is 0.326 e. The topological polar surface area (TPSA) is 100 Å². The van der Waals surface area contributed by atoms with Gasteiger partial charge < -0.3 is 15.4 Å². The number of nitrogens with zero attached hydrogens (tertiary/aromatic N) is 2. The van der Waals surface area contributed by atoms with E-state index < -0.39 is 17.9 Å². The number of rotatable bonds is 6. The molecule has 1 atom stereocenters. The van der Waals surface area contributed by atoms with Gasteiger partial charge in [-0.15, -0.1) is 0 Å². The van der Waals surface area contributed by atoms with Gasteiger partial charge in [0.15, 0.2) is 0 Å². The number of carboxylic acid groups (broad SMARTS) is 1. The van der Waals surface area contributed by atoms with Gasteiger partial charge in [-0.3, -0.25) is 4.79 Å². The summed E-state index contributed by atoms with van der Waals surface area (Å²) in [6.45, 7) is 0. The molecule has 2 aromatic heterocycles. The van der Waals surface area contributed by atoms with Gasteiger partial charge in [0.05, 0.1) is 5.69 Å². The van der Waals surface area contributed by atoms with Gasteiger partial charge in [0.1, 0.15) is 6.04 Å². The van der Waals surface area contributed by atoms with E-state index in [4.69, 9.17) is 0 Å². The van der Waals surface area contributed by atoms with Crippen molar-refractivity contribution in [1.82, 2.24) is 20.1 Å². The molecule has 0 saturated heterocycles. The summed E-state index contributed by atoms with van der Waals surface area (Å²) in [4.78, 5) is 27.4. The van der Waals surface area contributed by atoms with Gasteiger partial charge in [-0.1, -0.05) is 18.2 Å². The standard InChI is InChI=1S/C21H18N4O3/c26-20(14-6-8-16(9-7-14)25-11-3-10-23-25)24-19(21(27)28)12-15-13-22-18-5-2-1-4-17(15)18/h1-11,13,19,22H,12H2,(H,24,26)(H,27,28)/t19-/m0/s1. The molecule has 0 radical (unpaired) electrons. The minimum atomic E-state index is -1.08. The Hall–Kier alpha value is -3.87. The third-order valence-electron chi connectivity index (χ3n) is 4.60. The molecule has 140 valence electrons. The molecule has 0 fully saturated rings. The van der Waals surface area contributed by atoms with Crippen LogP contribution in [0.25, 0.3) is 16.6 Å². The van der Waals surface area contributed by atoms with E-state index >= 15 is 0 Å². The predicted octanol–water partition coefficient (Wildman–Crippen LogP) is 2.78. The van der Waals surface area contributed by atoms with Gasteiger partial charge in [-0.25, -0.2) is 9.48 Å². The zero-order chi connectivity index (χ0) is 19.5. The lowest BCUT2D eigenvalue weighted by Crippen LogP contribution is -2.42. The van der Waals surface area contributed by atoms with Crippen LogP contribution in [-0.4, -0.2) is 37.8 Å². The van der Waals surface area contributed by atoms with Gasteiger partial charge in [-0.05, 0) is 42.0 Å². The fourth-order valence-corrected chi connectivity index (χ4v) is 3.15. The Balaban J connectivity index is 1.50. The van der Waals surface area contributed by atoms with Crippen molar-refractivity contribution in [3.05, 3.63) is 84.3 Å². The molecule has 2 aromatic carbocycles. The number of H-pyrrole nitrogens is 1. The van der Waals surface area contributed by atoms with E-state index in [0.29, 0.717) is 5.56 Å². The Labute approximate surface area is 160 Å². The number of benzene rings is 2. The van der Waals surface area contributed by atoms with Crippen LogP contribution in [-0.2, 0) is 11.2 Å². The summed E-state index contributed by atoms with van der Waals surface area (Å²) in [6.07, 6.45) is 5.45. The lowest BCUT2D eigenvalue weighted by molar-refractivity contribution is -0.139. The molecule has 0 aliphatic carbocycles. The number of para-hydroxylation sites is 1. The Kier molecular flexibility index (Phi) is 4.63. The number of aromatic amines is 1. The monoisotopic (exact) mass is 374 g/mol. The quantitative estimate of drug-likeness (QED) is 0.483. The van der Waals surface area contributed by atoms with Crippen molar-refractivity contribution in [2.24, 2.45) is 0 Å². The van der Waals surface area contributed by atoms with Crippen molar-refractivity contribution in [3.63, 3.8) is 0 Å². The number of hydrogen-bond donors (Lipinski definition) is 3. The van der Waals surface area contributed by atoms with E-state index in [1.807, 2.05) is 30.3 Å². The number of nitrogens with one attached hydrogen (secondary N) is 2. The first-order chi connectivity index (χ1) is 13.6. The van der Waals surface area contributed by atoms with Crippen molar-refractivity contribution in [3.8, 4) is 5.69 Å². The molecule has 0 bridgehead atoms. The second-order valence-corrected chi connectivity index (χ2v) is 6.43. The smallest absolute Gasteiger partial charge is 0.326 e. The van der Waals surface area contributed by atoms with Crippen molar-refractivity contribution >= 4 is 22.8 Å². The second kappa shape index (κ2) is 7.40. The molecule has 0 unspecified atom stereocenters. The predicted molar refractivity (Wildman–Crippen MR) is 104 cm³/mol. The maximum atomic E-state index is 12.5. The fourth-order valence-electron chi connectivity index (χ4n) is 3.15. The number of aromatic nitrogens is 3. The van der Waals surface area contributed by atoms with Gasteiger partial charge in [-0.2, -0.15) is 5.10 Å². The summed E-state index contributed by atoms with van der Waals surface area (Å²) in [5.41, 5.74) is 2.98. The third kappa shape index (κ3) is 3.50. The minimum Gasteiger partial charge on any atom is -0.480 e. The van der Waals surface area contributed by atoms with E-state index in [9.17, 15) is 14.7 Å². The van der Waals surface area contributed by atoms with Crippen LogP contribution >= 0.6 is 0 Å². The summed E-state index contributed by atoms with van der Waals surface area (Å²) in [6, 6.07) is 15.3. The molecular weight excluding hydrogens is 356 g/mol. The highest BCUT2D eigenvalue weighted by molar-refractivity contribution is 5.97. The fraction of sp³-hybridized carbons (Fsp3) is 0.0952. The average molecular weight is 374 g/mol. The summed E-state index contributed by atoms with van der Waals surface area (Å²) in [5.74, 6) is -1.51. The number of carbonyl (C=O) groups is 2. The zero-order valence-corrected chi connectivity index (χ0v) is 14.9. The molecule has 4 aromatic rings. The molecule has 4 rings (SSSR count). The Morgan fingerprint density at radius 2 is 1.89 bits per heavy atom. The highest BCUT2D eigenvalue weighted by Gasteiger charge is 2.22. The van der Waals surface area contributed by atoms with Crippen LogP contribution in [0.3, 0.4) is 0 Å². The van der Waals surface area contributed by atoms with E-state index in [0.717, 1.165) is 22.2 Å². The van der Waals surface area contributed by atoms with E-state index in [1.54, 1.807) is 47.5 Å². The summed E-state index contributed by atoms with van der Waals surface area (Å²) in [5, 5.41) is 17.3. The Bertz CT molecular complexity index is 1110. The number of aliphatic carboxylic acids is 1. The minimum absolute atomic E-state index is 0.191. The van der Waals surface area contributed by atoms with Crippen LogP contribution in [0.1, 0.15) is 15.9 Å². The molecular formula is C21H18N4O3. The zero-order valence-electron chi connectivity index (χ0n) is 14.9. The molecule has 0 saturated carbocycles. The number of fused-ring (bicyclic) bond motifs is 1. The van der Waals surface area contributed by atoms with E-state index in [2.05, 4.69) is 15.4 Å². The van der Waals surface area contributed by atoms with Crippen molar-refractivity contribution in [1.29, 1.82) is 0 Å². The first kappa shape index (κ1) is 17.5. The first-order valence-corrected chi connectivity index (χ1v) is 8.80. The lowest BCUT2D eigenvalue weighted by atomic mass is 10.0. The Morgan fingerprint density at radius 3 is 2.61 bits per heavy atom.